The second-order valence-electron chi connectivity index (χ2n) is 4.13. The molecule has 0 spiro atoms. The number of rotatable bonds is 3. The topological polar surface area (TPSA) is 79.8 Å². The summed E-state index contributed by atoms with van der Waals surface area (Å²) in [5.74, 6) is 0.484. The number of piperazine rings is 1. The van der Waals surface area contributed by atoms with Gasteiger partial charge in [0.05, 0.1) is 6.54 Å². The zero-order valence-electron chi connectivity index (χ0n) is 9.80. The first-order valence-corrected chi connectivity index (χ1v) is 6.95. The lowest BCUT2D eigenvalue weighted by Gasteiger charge is -2.30. The molecule has 96 valence electrons. The summed E-state index contributed by atoms with van der Waals surface area (Å²) in [4.78, 5) is 2.10. The van der Waals surface area contributed by atoms with Gasteiger partial charge in [0, 0.05) is 26.2 Å². The SMILES string of the molecule is CN1CCN(S(=O)(=O)c2ccc(CN)o2)CC1. The summed E-state index contributed by atoms with van der Waals surface area (Å²) in [5.41, 5.74) is 5.39. The minimum absolute atomic E-state index is 0.0116. The molecule has 2 rings (SSSR count). The van der Waals surface area contributed by atoms with Crippen molar-refractivity contribution in [3.05, 3.63) is 17.9 Å². The van der Waals surface area contributed by atoms with Crippen LogP contribution in [0.5, 0.6) is 0 Å². The van der Waals surface area contributed by atoms with Crippen molar-refractivity contribution < 1.29 is 12.8 Å². The molecule has 0 saturated carbocycles. The molecule has 1 aromatic heterocycles. The largest absolute Gasteiger partial charge is 0.447 e. The smallest absolute Gasteiger partial charge is 0.276 e. The maximum atomic E-state index is 12.2. The van der Waals surface area contributed by atoms with E-state index in [1.54, 1.807) is 6.07 Å². The lowest BCUT2D eigenvalue weighted by atomic mass is 10.4. The van der Waals surface area contributed by atoms with Crippen molar-refractivity contribution in [3.63, 3.8) is 0 Å². The number of hydrogen-bond donors (Lipinski definition) is 1. The maximum Gasteiger partial charge on any atom is 0.276 e. The van der Waals surface area contributed by atoms with Gasteiger partial charge in [-0.1, -0.05) is 0 Å². The predicted octanol–water partition coefficient (Wildman–Crippen LogP) is -0.326. The molecule has 6 nitrogen and oxygen atoms in total. The third-order valence-corrected chi connectivity index (χ3v) is 4.67. The number of likely N-dealkylation sites (N-methyl/N-ethyl adjacent to an activating group) is 1. The quantitative estimate of drug-likeness (QED) is 0.804. The molecule has 0 bridgehead atoms. The second-order valence-corrected chi connectivity index (χ2v) is 6.00. The number of hydrogen-bond acceptors (Lipinski definition) is 5. The molecule has 0 aromatic carbocycles. The van der Waals surface area contributed by atoms with E-state index in [1.165, 1.54) is 10.4 Å². The normalized spacial score (nSPS) is 19.6. The lowest BCUT2D eigenvalue weighted by molar-refractivity contribution is 0.219. The van der Waals surface area contributed by atoms with Gasteiger partial charge in [0.1, 0.15) is 5.76 Å². The third kappa shape index (κ3) is 2.52. The Hall–Kier alpha value is -0.890. The Balaban J connectivity index is 2.18. The minimum atomic E-state index is -3.49. The van der Waals surface area contributed by atoms with Crippen molar-refractivity contribution in [2.45, 2.75) is 11.6 Å². The molecule has 0 unspecified atom stereocenters. The molecular formula is C10H17N3O3S. The Morgan fingerprint density at radius 1 is 1.29 bits per heavy atom. The molecule has 2 N–H and O–H groups in total. The van der Waals surface area contributed by atoms with Crippen molar-refractivity contribution in [2.75, 3.05) is 33.2 Å². The Labute approximate surface area is 101 Å². The van der Waals surface area contributed by atoms with Crippen LogP contribution < -0.4 is 5.73 Å². The van der Waals surface area contributed by atoms with Crippen LogP contribution in [0.1, 0.15) is 5.76 Å². The highest BCUT2D eigenvalue weighted by molar-refractivity contribution is 7.89. The van der Waals surface area contributed by atoms with E-state index in [4.69, 9.17) is 10.2 Å². The molecule has 2 heterocycles. The van der Waals surface area contributed by atoms with Gasteiger partial charge in [0.25, 0.3) is 10.0 Å². The highest BCUT2D eigenvalue weighted by Crippen LogP contribution is 2.19. The van der Waals surface area contributed by atoms with Gasteiger partial charge < -0.3 is 15.1 Å². The summed E-state index contributed by atoms with van der Waals surface area (Å²) in [6.07, 6.45) is 0. The van der Waals surface area contributed by atoms with Crippen LogP contribution in [0.15, 0.2) is 21.6 Å². The summed E-state index contributed by atoms with van der Waals surface area (Å²) in [7, 11) is -1.51. The zero-order valence-corrected chi connectivity index (χ0v) is 10.6. The molecule has 1 aliphatic heterocycles. The van der Waals surface area contributed by atoms with Gasteiger partial charge >= 0.3 is 0 Å². The van der Waals surface area contributed by atoms with Crippen LogP contribution in [0.4, 0.5) is 0 Å². The summed E-state index contributed by atoms with van der Waals surface area (Å²) in [6.45, 7) is 2.68. The fraction of sp³-hybridized carbons (Fsp3) is 0.600. The molecule has 1 aromatic rings. The fourth-order valence-electron chi connectivity index (χ4n) is 1.76. The average molecular weight is 259 g/mol. The van der Waals surface area contributed by atoms with Crippen LogP contribution in [-0.2, 0) is 16.6 Å². The van der Waals surface area contributed by atoms with Crippen LogP contribution >= 0.6 is 0 Å². The number of sulfonamides is 1. The van der Waals surface area contributed by atoms with Crippen LogP contribution in [0.25, 0.3) is 0 Å². The van der Waals surface area contributed by atoms with Crippen molar-refractivity contribution in [2.24, 2.45) is 5.73 Å². The molecule has 0 atom stereocenters. The van der Waals surface area contributed by atoms with E-state index in [0.29, 0.717) is 18.8 Å². The lowest BCUT2D eigenvalue weighted by Crippen LogP contribution is -2.46. The van der Waals surface area contributed by atoms with Gasteiger partial charge in [-0.05, 0) is 19.2 Å². The Morgan fingerprint density at radius 2 is 1.94 bits per heavy atom. The van der Waals surface area contributed by atoms with Gasteiger partial charge in [0.2, 0.25) is 5.09 Å². The standard InChI is InChI=1S/C10H17N3O3S/c1-12-4-6-13(7-5-12)17(14,15)10-3-2-9(8-11)16-10/h2-3H,4-8,11H2,1H3. The number of nitrogens with zero attached hydrogens (tertiary/aromatic N) is 2. The molecular weight excluding hydrogens is 242 g/mol. The minimum Gasteiger partial charge on any atom is -0.447 e. The molecule has 7 heteroatoms. The molecule has 1 saturated heterocycles. The van der Waals surface area contributed by atoms with E-state index >= 15 is 0 Å². The zero-order chi connectivity index (χ0) is 12.5. The number of furan rings is 1. The highest BCUT2D eigenvalue weighted by atomic mass is 32.2. The summed E-state index contributed by atoms with van der Waals surface area (Å²) >= 11 is 0. The van der Waals surface area contributed by atoms with Crippen molar-refractivity contribution in [1.29, 1.82) is 0 Å². The Kier molecular flexibility index (Phi) is 3.53. The van der Waals surface area contributed by atoms with E-state index in [1.807, 2.05) is 7.05 Å². The molecule has 0 radical (unpaired) electrons. The van der Waals surface area contributed by atoms with E-state index in [0.717, 1.165) is 13.1 Å². The summed E-state index contributed by atoms with van der Waals surface area (Å²) < 4.78 is 31.1. The summed E-state index contributed by atoms with van der Waals surface area (Å²) in [6, 6.07) is 3.07. The van der Waals surface area contributed by atoms with E-state index in [2.05, 4.69) is 4.90 Å². The first-order valence-electron chi connectivity index (χ1n) is 5.51. The Bertz CT molecular complexity index is 475. The molecule has 0 aliphatic carbocycles. The Morgan fingerprint density at radius 3 is 2.47 bits per heavy atom. The highest BCUT2D eigenvalue weighted by Gasteiger charge is 2.29. The van der Waals surface area contributed by atoms with Crippen LogP contribution in [-0.4, -0.2) is 50.8 Å². The summed E-state index contributed by atoms with van der Waals surface area (Å²) in [5, 5.41) is -0.0116. The van der Waals surface area contributed by atoms with Gasteiger partial charge in [0.15, 0.2) is 0 Å². The van der Waals surface area contributed by atoms with Crippen molar-refractivity contribution in [1.82, 2.24) is 9.21 Å². The average Bonchev–Trinajstić information content (AvgIpc) is 2.78. The molecule has 1 fully saturated rings. The van der Waals surface area contributed by atoms with E-state index in [9.17, 15) is 8.42 Å². The van der Waals surface area contributed by atoms with Crippen molar-refractivity contribution in [3.8, 4) is 0 Å². The number of nitrogens with two attached hydrogens (primary N) is 1. The molecule has 0 amide bonds. The second kappa shape index (κ2) is 4.77. The van der Waals surface area contributed by atoms with Gasteiger partial charge in [-0.3, -0.25) is 0 Å². The van der Waals surface area contributed by atoms with E-state index < -0.39 is 10.0 Å². The first-order chi connectivity index (χ1) is 8.04. The maximum absolute atomic E-state index is 12.2. The first kappa shape index (κ1) is 12.6. The fourth-order valence-corrected chi connectivity index (χ4v) is 3.11. The van der Waals surface area contributed by atoms with Gasteiger partial charge in [-0.25, -0.2) is 8.42 Å². The van der Waals surface area contributed by atoms with Crippen LogP contribution in [0, 0.1) is 0 Å². The molecule has 17 heavy (non-hydrogen) atoms. The van der Waals surface area contributed by atoms with Crippen molar-refractivity contribution >= 4 is 10.0 Å². The van der Waals surface area contributed by atoms with E-state index in [-0.39, 0.29) is 11.6 Å². The van der Waals surface area contributed by atoms with Crippen LogP contribution in [0.3, 0.4) is 0 Å². The third-order valence-electron chi connectivity index (χ3n) is 2.89. The predicted molar refractivity (Wildman–Crippen MR) is 62.9 cm³/mol. The van der Waals surface area contributed by atoms with Gasteiger partial charge in [-0.2, -0.15) is 4.31 Å². The van der Waals surface area contributed by atoms with Crippen LogP contribution in [0.2, 0.25) is 0 Å². The van der Waals surface area contributed by atoms with Gasteiger partial charge in [-0.15, -0.1) is 0 Å². The monoisotopic (exact) mass is 259 g/mol. The molecule has 1 aliphatic rings.